The SMILES string of the molecule is Cc1cc(Br)ccc1N(C(=O)O)C(C)(C)C. The molecule has 88 valence electrons. The van der Waals surface area contributed by atoms with Gasteiger partial charge in [0.1, 0.15) is 0 Å². The number of hydrogen-bond donors (Lipinski definition) is 1. The summed E-state index contributed by atoms with van der Waals surface area (Å²) in [5.74, 6) is 0. The van der Waals surface area contributed by atoms with E-state index in [9.17, 15) is 9.90 Å². The molecule has 0 fully saturated rings. The van der Waals surface area contributed by atoms with Crippen LogP contribution >= 0.6 is 15.9 Å². The lowest BCUT2D eigenvalue weighted by Gasteiger charge is -2.34. The minimum Gasteiger partial charge on any atom is -0.465 e. The molecule has 0 radical (unpaired) electrons. The first-order valence-electron chi connectivity index (χ1n) is 5.03. The average molecular weight is 286 g/mol. The first kappa shape index (κ1) is 13.0. The Balaban J connectivity index is 3.28. The van der Waals surface area contributed by atoms with Gasteiger partial charge in [-0.1, -0.05) is 15.9 Å². The summed E-state index contributed by atoms with van der Waals surface area (Å²) >= 11 is 3.37. The van der Waals surface area contributed by atoms with Gasteiger partial charge in [0, 0.05) is 10.0 Å². The molecular formula is C12H16BrNO2. The highest BCUT2D eigenvalue weighted by atomic mass is 79.9. The largest absolute Gasteiger partial charge is 0.465 e. The third-order valence-corrected chi connectivity index (χ3v) is 2.76. The number of amides is 1. The summed E-state index contributed by atoms with van der Waals surface area (Å²) < 4.78 is 0.952. The van der Waals surface area contributed by atoms with Crippen molar-refractivity contribution >= 4 is 27.7 Å². The molecule has 1 aromatic rings. The van der Waals surface area contributed by atoms with Crippen molar-refractivity contribution in [2.75, 3.05) is 4.90 Å². The molecule has 0 saturated carbocycles. The zero-order valence-corrected chi connectivity index (χ0v) is 11.5. The van der Waals surface area contributed by atoms with Gasteiger partial charge in [0.25, 0.3) is 0 Å². The van der Waals surface area contributed by atoms with E-state index in [0.29, 0.717) is 0 Å². The van der Waals surface area contributed by atoms with Crippen LogP contribution in [0.4, 0.5) is 10.5 Å². The van der Waals surface area contributed by atoms with E-state index in [-0.39, 0.29) is 0 Å². The van der Waals surface area contributed by atoms with E-state index in [4.69, 9.17) is 0 Å². The van der Waals surface area contributed by atoms with Crippen LogP contribution in [0.2, 0.25) is 0 Å². The maximum absolute atomic E-state index is 11.3. The second-order valence-corrected chi connectivity index (χ2v) is 5.64. The van der Waals surface area contributed by atoms with Gasteiger partial charge >= 0.3 is 6.09 Å². The lowest BCUT2D eigenvalue weighted by Crippen LogP contribution is -2.45. The fourth-order valence-electron chi connectivity index (χ4n) is 1.62. The van der Waals surface area contributed by atoms with Crippen LogP contribution in [0.5, 0.6) is 0 Å². The number of benzene rings is 1. The number of carboxylic acid groups (broad SMARTS) is 1. The van der Waals surface area contributed by atoms with Gasteiger partial charge in [-0.05, 0) is 51.5 Å². The molecule has 3 nitrogen and oxygen atoms in total. The van der Waals surface area contributed by atoms with Crippen molar-refractivity contribution in [2.24, 2.45) is 0 Å². The van der Waals surface area contributed by atoms with Gasteiger partial charge in [-0.25, -0.2) is 4.79 Å². The van der Waals surface area contributed by atoms with Gasteiger partial charge in [-0.2, -0.15) is 0 Å². The molecule has 0 aliphatic heterocycles. The van der Waals surface area contributed by atoms with Crippen molar-refractivity contribution in [3.63, 3.8) is 0 Å². The Morgan fingerprint density at radius 1 is 1.38 bits per heavy atom. The number of nitrogens with zero attached hydrogens (tertiary/aromatic N) is 1. The molecule has 1 N–H and O–H groups in total. The molecule has 0 heterocycles. The normalized spacial score (nSPS) is 11.3. The van der Waals surface area contributed by atoms with Crippen LogP contribution in [0.3, 0.4) is 0 Å². The molecule has 0 aromatic heterocycles. The van der Waals surface area contributed by atoms with E-state index in [2.05, 4.69) is 15.9 Å². The summed E-state index contributed by atoms with van der Waals surface area (Å²) in [7, 11) is 0. The molecule has 0 saturated heterocycles. The minimum absolute atomic E-state index is 0.454. The Morgan fingerprint density at radius 2 is 1.94 bits per heavy atom. The van der Waals surface area contributed by atoms with E-state index in [1.54, 1.807) is 0 Å². The highest BCUT2D eigenvalue weighted by Crippen LogP contribution is 2.29. The lowest BCUT2D eigenvalue weighted by atomic mass is 10.0. The minimum atomic E-state index is -0.932. The Bertz CT molecular complexity index is 410. The number of carbonyl (C=O) groups is 1. The van der Waals surface area contributed by atoms with Gasteiger partial charge < -0.3 is 5.11 Å². The molecule has 0 aliphatic carbocycles. The highest BCUT2D eigenvalue weighted by molar-refractivity contribution is 9.10. The van der Waals surface area contributed by atoms with Gasteiger partial charge in [0.2, 0.25) is 0 Å². The van der Waals surface area contributed by atoms with Gasteiger partial charge in [0.15, 0.2) is 0 Å². The summed E-state index contributed by atoms with van der Waals surface area (Å²) in [6.45, 7) is 7.54. The number of halogens is 1. The quantitative estimate of drug-likeness (QED) is 0.846. The van der Waals surface area contributed by atoms with Crippen LogP contribution in [0, 0.1) is 6.92 Å². The predicted molar refractivity (Wildman–Crippen MR) is 69.1 cm³/mol. The molecule has 0 bridgehead atoms. The maximum atomic E-state index is 11.3. The van der Waals surface area contributed by atoms with Crippen molar-refractivity contribution in [3.05, 3.63) is 28.2 Å². The van der Waals surface area contributed by atoms with Gasteiger partial charge in [-0.15, -0.1) is 0 Å². The smallest absolute Gasteiger partial charge is 0.412 e. The second kappa shape index (κ2) is 4.45. The van der Waals surface area contributed by atoms with Crippen molar-refractivity contribution in [3.8, 4) is 0 Å². The zero-order chi connectivity index (χ0) is 12.5. The number of anilines is 1. The van der Waals surface area contributed by atoms with Crippen molar-refractivity contribution in [1.29, 1.82) is 0 Å². The van der Waals surface area contributed by atoms with Crippen molar-refractivity contribution in [2.45, 2.75) is 33.2 Å². The van der Waals surface area contributed by atoms with E-state index < -0.39 is 11.6 Å². The number of aryl methyl sites for hydroxylation is 1. The second-order valence-electron chi connectivity index (χ2n) is 4.72. The Kier molecular flexibility index (Phi) is 3.63. The van der Waals surface area contributed by atoms with Gasteiger partial charge in [0.05, 0.1) is 5.69 Å². The van der Waals surface area contributed by atoms with E-state index in [0.717, 1.165) is 15.7 Å². The topological polar surface area (TPSA) is 40.5 Å². The molecule has 16 heavy (non-hydrogen) atoms. The van der Waals surface area contributed by atoms with Crippen molar-refractivity contribution in [1.82, 2.24) is 0 Å². The zero-order valence-electron chi connectivity index (χ0n) is 9.91. The van der Waals surface area contributed by atoms with Crippen LogP contribution in [0.1, 0.15) is 26.3 Å². The van der Waals surface area contributed by atoms with E-state index in [1.165, 1.54) is 4.90 Å². The highest BCUT2D eigenvalue weighted by Gasteiger charge is 2.28. The average Bonchev–Trinajstić information content (AvgIpc) is 2.06. The summed E-state index contributed by atoms with van der Waals surface area (Å²) in [5.41, 5.74) is 1.21. The van der Waals surface area contributed by atoms with Crippen LogP contribution in [-0.2, 0) is 0 Å². The molecule has 4 heteroatoms. The summed E-state index contributed by atoms with van der Waals surface area (Å²) in [5, 5.41) is 9.27. The molecule has 0 unspecified atom stereocenters. The fraction of sp³-hybridized carbons (Fsp3) is 0.417. The van der Waals surface area contributed by atoms with E-state index >= 15 is 0 Å². The first-order valence-corrected chi connectivity index (χ1v) is 5.82. The monoisotopic (exact) mass is 285 g/mol. The first-order chi connectivity index (χ1) is 7.23. The Labute approximate surface area is 104 Å². The lowest BCUT2D eigenvalue weighted by molar-refractivity contribution is 0.195. The summed E-state index contributed by atoms with van der Waals surface area (Å²) in [6.07, 6.45) is -0.932. The van der Waals surface area contributed by atoms with Crippen LogP contribution in [0.25, 0.3) is 0 Å². The fourth-order valence-corrected chi connectivity index (χ4v) is 2.10. The number of rotatable bonds is 1. The third-order valence-electron chi connectivity index (χ3n) is 2.26. The maximum Gasteiger partial charge on any atom is 0.412 e. The molecule has 1 rings (SSSR count). The number of hydrogen-bond acceptors (Lipinski definition) is 1. The van der Waals surface area contributed by atoms with Crippen LogP contribution in [-0.4, -0.2) is 16.7 Å². The Hall–Kier alpha value is -1.03. The van der Waals surface area contributed by atoms with Crippen molar-refractivity contribution < 1.29 is 9.90 Å². The summed E-state index contributed by atoms with van der Waals surface area (Å²) in [6, 6.07) is 5.58. The Morgan fingerprint density at radius 3 is 2.31 bits per heavy atom. The standard InChI is InChI=1S/C12H16BrNO2/c1-8-7-9(13)5-6-10(8)14(11(15)16)12(2,3)4/h5-7H,1-4H3,(H,15,16). The van der Waals surface area contributed by atoms with Gasteiger partial charge in [-0.3, -0.25) is 4.90 Å². The summed E-state index contributed by atoms with van der Waals surface area (Å²) in [4.78, 5) is 12.7. The predicted octanol–water partition coefficient (Wildman–Crippen LogP) is 4.04. The molecule has 0 aliphatic rings. The molecule has 1 amide bonds. The van der Waals surface area contributed by atoms with E-state index in [1.807, 2.05) is 45.9 Å². The van der Waals surface area contributed by atoms with Crippen LogP contribution < -0.4 is 4.90 Å². The molecule has 0 spiro atoms. The molecule has 1 aromatic carbocycles. The molecular weight excluding hydrogens is 270 g/mol. The van der Waals surface area contributed by atoms with Crippen LogP contribution in [0.15, 0.2) is 22.7 Å². The third kappa shape index (κ3) is 2.76. The molecule has 0 atom stereocenters.